The maximum absolute atomic E-state index is 12.4. The second kappa shape index (κ2) is 8.52. The molecule has 9 nitrogen and oxygen atoms in total. The number of rotatable bonds is 6. The van der Waals surface area contributed by atoms with E-state index in [0.717, 1.165) is 22.8 Å². The molecule has 0 atom stereocenters. The van der Waals surface area contributed by atoms with Gasteiger partial charge < -0.3 is 14.5 Å². The lowest BCUT2D eigenvalue weighted by molar-refractivity contribution is -0.384. The van der Waals surface area contributed by atoms with Crippen LogP contribution in [0.1, 0.15) is 0 Å². The van der Waals surface area contributed by atoms with Crippen molar-refractivity contribution in [2.45, 2.75) is 0 Å². The zero-order valence-corrected chi connectivity index (χ0v) is 17.6. The van der Waals surface area contributed by atoms with Crippen molar-refractivity contribution in [1.29, 1.82) is 0 Å². The lowest BCUT2D eigenvalue weighted by atomic mass is 10.2. The van der Waals surface area contributed by atoms with Gasteiger partial charge in [0.1, 0.15) is 17.1 Å². The Labute approximate surface area is 190 Å². The summed E-state index contributed by atoms with van der Waals surface area (Å²) < 4.78 is 11.1. The van der Waals surface area contributed by atoms with E-state index in [1.54, 1.807) is 0 Å². The summed E-state index contributed by atoms with van der Waals surface area (Å²) in [5.41, 5.74) is 0.512. The van der Waals surface area contributed by atoms with Crippen LogP contribution in [0.5, 0.6) is 11.5 Å². The topological polar surface area (TPSA) is 120 Å². The normalized spacial score (nSPS) is 10.8. The Kier molecular flexibility index (Phi) is 5.25. The Morgan fingerprint density at radius 3 is 2.45 bits per heavy atom. The minimum absolute atomic E-state index is 0.0957. The largest absolute Gasteiger partial charge is 0.457 e. The van der Waals surface area contributed by atoms with Gasteiger partial charge >= 0.3 is 5.63 Å². The van der Waals surface area contributed by atoms with E-state index in [1.807, 2.05) is 54.6 Å². The first-order chi connectivity index (χ1) is 16.0. The predicted molar refractivity (Wildman–Crippen MR) is 124 cm³/mol. The highest BCUT2D eigenvalue weighted by Gasteiger charge is 2.15. The molecule has 5 aromatic rings. The molecule has 0 aliphatic rings. The molecule has 3 aromatic carbocycles. The lowest BCUT2D eigenvalue weighted by Gasteiger charge is -2.06. The SMILES string of the molecule is O=c1oc2ccc([N+](=O)[O-])cc2cc1-c1nnc(Nc2ccc(Oc3ccccc3)cc2)s1. The molecular weight excluding hydrogens is 444 g/mol. The lowest BCUT2D eigenvalue weighted by Crippen LogP contribution is -2.02. The molecule has 162 valence electrons. The highest BCUT2D eigenvalue weighted by atomic mass is 32.1. The first kappa shape index (κ1) is 20.3. The quantitative estimate of drug-likeness (QED) is 0.194. The second-order valence-corrected chi connectivity index (χ2v) is 7.88. The minimum Gasteiger partial charge on any atom is -0.457 e. The molecule has 5 rings (SSSR count). The van der Waals surface area contributed by atoms with Crippen LogP contribution in [0.4, 0.5) is 16.5 Å². The molecule has 10 heteroatoms. The standard InChI is InChI=1S/C23H14N4O5S/c28-22-19(13-14-12-16(27(29)30)8-11-20(14)32-22)21-25-26-23(33-21)24-15-6-9-18(10-7-15)31-17-4-2-1-3-5-17/h1-13H,(H,24,26). The summed E-state index contributed by atoms with van der Waals surface area (Å²) in [5, 5.41) is 23.6. The van der Waals surface area contributed by atoms with Crippen molar-refractivity contribution in [2.75, 3.05) is 5.32 Å². The number of non-ortho nitro benzene ring substituents is 1. The zero-order chi connectivity index (χ0) is 22.8. The first-order valence-corrected chi connectivity index (χ1v) is 10.5. The van der Waals surface area contributed by atoms with E-state index in [-0.39, 0.29) is 16.8 Å². The van der Waals surface area contributed by atoms with Gasteiger partial charge in [0.2, 0.25) is 5.13 Å². The summed E-state index contributed by atoms with van der Waals surface area (Å²) >= 11 is 1.16. The molecule has 2 heterocycles. The summed E-state index contributed by atoms with van der Waals surface area (Å²) in [6, 6.07) is 22.3. The molecule has 0 saturated carbocycles. The van der Waals surface area contributed by atoms with Gasteiger partial charge in [-0.1, -0.05) is 29.5 Å². The third-order valence-corrected chi connectivity index (χ3v) is 5.54. The van der Waals surface area contributed by atoms with Crippen LogP contribution in [0, 0.1) is 10.1 Å². The van der Waals surface area contributed by atoms with Crippen molar-refractivity contribution < 1.29 is 14.1 Å². The molecule has 0 saturated heterocycles. The average Bonchev–Trinajstić information content (AvgIpc) is 3.28. The second-order valence-electron chi connectivity index (χ2n) is 6.90. The van der Waals surface area contributed by atoms with Crippen molar-refractivity contribution in [3.8, 4) is 22.1 Å². The Morgan fingerprint density at radius 1 is 0.939 bits per heavy atom. The number of nitrogens with zero attached hydrogens (tertiary/aromatic N) is 3. The number of hydrogen-bond acceptors (Lipinski definition) is 9. The van der Waals surface area contributed by atoms with Crippen LogP contribution in [0.3, 0.4) is 0 Å². The van der Waals surface area contributed by atoms with Crippen LogP contribution >= 0.6 is 11.3 Å². The number of fused-ring (bicyclic) bond motifs is 1. The Bertz CT molecular complexity index is 1510. The summed E-state index contributed by atoms with van der Waals surface area (Å²) in [5.74, 6) is 1.43. The van der Waals surface area contributed by atoms with Crippen molar-refractivity contribution in [3.63, 3.8) is 0 Å². The first-order valence-electron chi connectivity index (χ1n) is 9.71. The molecule has 0 aliphatic carbocycles. The third kappa shape index (κ3) is 4.41. The number of nitrogens with one attached hydrogen (secondary N) is 1. The number of nitro benzene ring substituents is 1. The number of para-hydroxylation sites is 1. The van der Waals surface area contributed by atoms with Gasteiger partial charge in [-0.05, 0) is 48.5 Å². The molecular formula is C23H14N4O5S. The molecule has 33 heavy (non-hydrogen) atoms. The highest BCUT2D eigenvalue weighted by molar-refractivity contribution is 7.18. The number of aromatic nitrogens is 2. The maximum atomic E-state index is 12.4. The number of nitro groups is 1. The van der Waals surface area contributed by atoms with Crippen LogP contribution < -0.4 is 15.7 Å². The van der Waals surface area contributed by atoms with Crippen LogP contribution in [0.2, 0.25) is 0 Å². The third-order valence-electron chi connectivity index (χ3n) is 4.67. The number of ether oxygens (including phenoxy) is 1. The molecule has 0 unspecified atom stereocenters. The maximum Gasteiger partial charge on any atom is 0.346 e. The van der Waals surface area contributed by atoms with Crippen LogP contribution in [-0.2, 0) is 0 Å². The smallest absolute Gasteiger partial charge is 0.346 e. The van der Waals surface area contributed by atoms with Crippen LogP contribution in [0.15, 0.2) is 88.1 Å². The van der Waals surface area contributed by atoms with Gasteiger partial charge in [-0.15, -0.1) is 10.2 Å². The van der Waals surface area contributed by atoms with Gasteiger partial charge in [-0.25, -0.2) is 4.79 Å². The van der Waals surface area contributed by atoms with Crippen molar-refractivity contribution in [1.82, 2.24) is 10.2 Å². The number of benzene rings is 3. The van der Waals surface area contributed by atoms with E-state index in [1.165, 1.54) is 24.3 Å². The van der Waals surface area contributed by atoms with Crippen LogP contribution in [0.25, 0.3) is 21.5 Å². The summed E-state index contributed by atoms with van der Waals surface area (Å²) in [7, 11) is 0. The molecule has 2 aromatic heterocycles. The number of hydrogen-bond donors (Lipinski definition) is 1. The van der Waals surface area contributed by atoms with Gasteiger partial charge in [0.25, 0.3) is 5.69 Å². The number of anilines is 2. The molecule has 0 bridgehead atoms. The highest BCUT2D eigenvalue weighted by Crippen LogP contribution is 2.30. The van der Waals surface area contributed by atoms with E-state index in [9.17, 15) is 14.9 Å². The van der Waals surface area contributed by atoms with Crippen molar-refractivity contribution in [3.05, 3.63) is 99.4 Å². The van der Waals surface area contributed by atoms with E-state index < -0.39 is 10.5 Å². The molecule has 0 spiro atoms. The van der Waals surface area contributed by atoms with Crippen molar-refractivity contribution >= 4 is 38.8 Å². The minimum atomic E-state index is -0.596. The van der Waals surface area contributed by atoms with Crippen LogP contribution in [-0.4, -0.2) is 15.1 Å². The molecule has 0 aliphatic heterocycles. The molecule has 0 fully saturated rings. The van der Waals surface area contributed by atoms with E-state index in [2.05, 4.69) is 15.5 Å². The van der Waals surface area contributed by atoms with E-state index in [4.69, 9.17) is 9.15 Å². The molecule has 0 radical (unpaired) electrons. The fraction of sp³-hybridized carbons (Fsp3) is 0. The summed E-state index contributed by atoms with van der Waals surface area (Å²) in [6.07, 6.45) is 0. The Balaban J connectivity index is 1.36. The molecule has 0 amide bonds. The average molecular weight is 458 g/mol. The van der Waals surface area contributed by atoms with Gasteiger partial charge in [0, 0.05) is 23.2 Å². The van der Waals surface area contributed by atoms with E-state index >= 15 is 0 Å². The zero-order valence-electron chi connectivity index (χ0n) is 16.8. The predicted octanol–water partition coefficient (Wildman–Crippen LogP) is 5.76. The fourth-order valence-corrected chi connectivity index (χ4v) is 3.88. The fourth-order valence-electron chi connectivity index (χ4n) is 3.11. The Hall–Kier alpha value is -4.57. The summed E-state index contributed by atoms with van der Waals surface area (Å²) in [6.45, 7) is 0. The van der Waals surface area contributed by atoms with Gasteiger partial charge in [0.05, 0.1) is 10.5 Å². The van der Waals surface area contributed by atoms with Crippen molar-refractivity contribution in [2.24, 2.45) is 0 Å². The monoisotopic (exact) mass is 458 g/mol. The summed E-state index contributed by atoms with van der Waals surface area (Å²) in [4.78, 5) is 22.9. The Morgan fingerprint density at radius 2 is 1.70 bits per heavy atom. The van der Waals surface area contributed by atoms with E-state index in [0.29, 0.717) is 21.3 Å². The van der Waals surface area contributed by atoms with Gasteiger partial charge in [0.15, 0.2) is 5.01 Å². The van der Waals surface area contributed by atoms with Gasteiger partial charge in [-0.3, -0.25) is 10.1 Å². The van der Waals surface area contributed by atoms with Gasteiger partial charge in [-0.2, -0.15) is 0 Å². The molecule has 1 N–H and O–H groups in total.